The first-order chi connectivity index (χ1) is 16.6. The lowest BCUT2D eigenvalue weighted by atomic mass is 10.1. The second-order valence-electron chi connectivity index (χ2n) is 7.47. The molecule has 1 N–H and O–H groups in total. The first-order valence-electron chi connectivity index (χ1n) is 11.1. The van der Waals surface area contributed by atoms with Crippen molar-refractivity contribution >= 4 is 29.3 Å². The van der Waals surface area contributed by atoms with Crippen LogP contribution in [0.2, 0.25) is 0 Å². The van der Waals surface area contributed by atoms with Crippen LogP contribution in [0.4, 0.5) is 0 Å². The van der Waals surface area contributed by atoms with Crippen LogP contribution in [0.15, 0.2) is 71.0 Å². The maximum atomic E-state index is 12.8. The van der Waals surface area contributed by atoms with Gasteiger partial charge in [0.1, 0.15) is 23.8 Å². The van der Waals surface area contributed by atoms with E-state index in [0.29, 0.717) is 47.9 Å². The average Bonchev–Trinajstić information content (AvgIpc) is 3.44. The fourth-order valence-electron chi connectivity index (χ4n) is 3.49. The number of hydrogen-bond donors (Lipinski definition) is 1. The zero-order chi connectivity index (χ0) is 23.9. The molecule has 176 valence electrons. The van der Waals surface area contributed by atoms with Crippen LogP contribution in [-0.4, -0.2) is 29.1 Å². The van der Waals surface area contributed by atoms with E-state index in [4.69, 9.17) is 30.8 Å². The Balaban J connectivity index is 1.43. The first-order valence-corrected chi connectivity index (χ1v) is 11.5. The van der Waals surface area contributed by atoms with Crippen molar-refractivity contribution in [3.63, 3.8) is 0 Å². The highest BCUT2D eigenvalue weighted by molar-refractivity contribution is 7.80. The molecule has 8 heteroatoms. The van der Waals surface area contributed by atoms with E-state index in [0.717, 1.165) is 16.9 Å². The summed E-state index contributed by atoms with van der Waals surface area (Å²) >= 11 is 5.33. The van der Waals surface area contributed by atoms with Crippen molar-refractivity contribution in [2.75, 3.05) is 13.2 Å². The SMILES string of the molecule is CCOc1ccc(COc2cccc(/C=C3/NC(=S)N(Cc4ccco4)C3=O)c2)cc1OCC. The zero-order valence-corrected chi connectivity index (χ0v) is 19.9. The molecule has 0 saturated carbocycles. The van der Waals surface area contributed by atoms with Crippen LogP contribution in [0, 0.1) is 0 Å². The lowest BCUT2D eigenvalue weighted by molar-refractivity contribution is -0.122. The number of hydrogen-bond acceptors (Lipinski definition) is 6. The summed E-state index contributed by atoms with van der Waals surface area (Å²) in [6, 6.07) is 16.9. The van der Waals surface area contributed by atoms with Crippen molar-refractivity contribution in [3.05, 3.63) is 83.4 Å². The highest BCUT2D eigenvalue weighted by Crippen LogP contribution is 2.29. The maximum Gasteiger partial charge on any atom is 0.276 e. The van der Waals surface area contributed by atoms with Crippen LogP contribution >= 0.6 is 12.2 Å². The molecule has 1 amide bonds. The van der Waals surface area contributed by atoms with Gasteiger partial charge in [-0.25, -0.2) is 0 Å². The van der Waals surface area contributed by atoms with Gasteiger partial charge in [-0.05, 0) is 79.7 Å². The number of nitrogens with zero attached hydrogens (tertiary/aromatic N) is 1. The molecule has 0 spiro atoms. The number of thiocarbonyl (C=S) groups is 1. The van der Waals surface area contributed by atoms with Gasteiger partial charge < -0.3 is 23.9 Å². The van der Waals surface area contributed by atoms with E-state index in [1.807, 2.05) is 56.3 Å². The molecule has 4 rings (SSSR count). The molecule has 1 fully saturated rings. The number of furan rings is 1. The molecule has 0 bridgehead atoms. The van der Waals surface area contributed by atoms with E-state index in [-0.39, 0.29) is 12.5 Å². The largest absolute Gasteiger partial charge is 0.490 e. The van der Waals surface area contributed by atoms with Gasteiger partial charge >= 0.3 is 0 Å². The van der Waals surface area contributed by atoms with Crippen LogP contribution in [0.1, 0.15) is 30.7 Å². The molecule has 3 aromatic rings. The number of amides is 1. The minimum Gasteiger partial charge on any atom is -0.490 e. The Morgan fingerprint density at radius 3 is 2.59 bits per heavy atom. The van der Waals surface area contributed by atoms with E-state index < -0.39 is 0 Å². The normalized spacial score (nSPS) is 14.4. The van der Waals surface area contributed by atoms with Gasteiger partial charge in [-0.1, -0.05) is 18.2 Å². The van der Waals surface area contributed by atoms with Gasteiger partial charge in [-0.15, -0.1) is 0 Å². The van der Waals surface area contributed by atoms with Crippen molar-refractivity contribution < 1.29 is 23.4 Å². The topological polar surface area (TPSA) is 73.2 Å². The zero-order valence-electron chi connectivity index (χ0n) is 19.1. The quantitative estimate of drug-likeness (QED) is 0.328. The molecular weight excluding hydrogens is 452 g/mol. The molecule has 34 heavy (non-hydrogen) atoms. The number of nitrogens with one attached hydrogen (secondary N) is 1. The summed E-state index contributed by atoms with van der Waals surface area (Å²) in [6.07, 6.45) is 3.33. The van der Waals surface area contributed by atoms with Gasteiger partial charge in [0.05, 0.1) is 26.0 Å². The average molecular weight is 479 g/mol. The van der Waals surface area contributed by atoms with Crippen molar-refractivity contribution in [1.29, 1.82) is 0 Å². The van der Waals surface area contributed by atoms with Gasteiger partial charge in [0.25, 0.3) is 5.91 Å². The van der Waals surface area contributed by atoms with Crippen LogP contribution in [0.25, 0.3) is 6.08 Å². The molecule has 2 heterocycles. The highest BCUT2D eigenvalue weighted by atomic mass is 32.1. The van der Waals surface area contributed by atoms with Gasteiger partial charge in [0, 0.05) is 0 Å². The Morgan fingerprint density at radius 1 is 1.00 bits per heavy atom. The molecule has 1 aliphatic rings. The maximum absolute atomic E-state index is 12.8. The predicted molar refractivity (Wildman–Crippen MR) is 133 cm³/mol. The van der Waals surface area contributed by atoms with Crippen LogP contribution in [0.3, 0.4) is 0 Å². The summed E-state index contributed by atoms with van der Waals surface area (Å²) in [5.41, 5.74) is 2.18. The Hall–Kier alpha value is -3.78. The van der Waals surface area contributed by atoms with Crippen molar-refractivity contribution in [3.8, 4) is 17.2 Å². The van der Waals surface area contributed by atoms with Crippen molar-refractivity contribution in [2.24, 2.45) is 0 Å². The second kappa shape index (κ2) is 10.9. The van der Waals surface area contributed by atoms with Gasteiger partial charge in [-0.3, -0.25) is 9.69 Å². The molecule has 0 atom stereocenters. The summed E-state index contributed by atoms with van der Waals surface area (Å²) in [5, 5.41) is 3.33. The van der Waals surface area contributed by atoms with Crippen LogP contribution in [0.5, 0.6) is 17.2 Å². The summed E-state index contributed by atoms with van der Waals surface area (Å²) in [4.78, 5) is 14.3. The minimum atomic E-state index is -0.203. The van der Waals surface area contributed by atoms with Gasteiger partial charge in [0.2, 0.25) is 0 Å². The Labute approximate surface area is 203 Å². The third-order valence-electron chi connectivity index (χ3n) is 5.04. The van der Waals surface area contributed by atoms with E-state index in [1.165, 1.54) is 4.90 Å². The van der Waals surface area contributed by atoms with E-state index in [2.05, 4.69) is 5.32 Å². The highest BCUT2D eigenvalue weighted by Gasteiger charge is 2.31. The molecule has 1 aliphatic heterocycles. The second-order valence-corrected chi connectivity index (χ2v) is 7.85. The number of carbonyl (C=O) groups is 1. The molecule has 0 unspecified atom stereocenters. The standard InChI is InChI=1S/C26H26N2O5S/c1-3-30-23-11-10-19(15-24(23)31-4-2)17-33-20-8-5-7-18(13-20)14-22-25(29)28(26(34)27-22)16-21-9-6-12-32-21/h5-15H,3-4,16-17H2,1-2H3,(H,27,34)/b22-14+. The number of benzene rings is 2. The Kier molecular flexibility index (Phi) is 7.49. The van der Waals surface area contributed by atoms with Gasteiger partial charge in [0.15, 0.2) is 16.6 Å². The lowest BCUT2D eigenvalue weighted by Crippen LogP contribution is -2.29. The monoisotopic (exact) mass is 478 g/mol. The fourth-order valence-corrected chi connectivity index (χ4v) is 3.74. The predicted octanol–water partition coefficient (Wildman–Crippen LogP) is 4.91. The number of rotatable bonds is 10. The van der Waals surface area contributed by atoms with E-state index >= 15 is 0 Å². The lowest BCUT2D eigenvalue weighted by Gasteiger charge is -2.13. The molecule has 0 aliphatic carbocycles. The smallest absolute Gasteiger partial charge is 0.276 e. The van der Waals surface area contributed by atoms with E-state index in [9.17, 15) is 4.79 Å². The molecule has 1 saturated heterocycles. The first kappa shape index (κ1) is 23.4. The molecular formula is C26H26N2O5S. The van der Waals surface area contributed by atoms with Crippen LogP contribution < -0.4 is 19.5 Å². The summed E-state index contributed by atoms with van der Waals surface area (Å²) in [6.45, 7) is 5.64. The van der Waals surface area contributed by atoms with E-state index in [1.54, 1.807) is 24.5 Å². The number of ether oxygens (including phenoxy) is 3. The third kappa shape index (κ3) is 5.58. The Morgan fingerprint density at radius 2 is 1.82 bits per heavy atom. The van der Waals surface area contributed by atoms with Crippen LogP contribution in [-0.2, 0) is 17.9 Å². The summed E-state index contributed by atoms with van der Waals surface area (Å²) < 4.78 is 22.6. The van der Waals surface area contributed by atoms with Crippen molar-refractivity contribution in [2.45, 2.75) is 27.0 Å². The Bertz CT molecular complexity index is 1190. The third-order valence-corrected chi connectivity index (χ3v) is 5.36. The fraction of sp³-hybridized carbons (Fsp3) is 0.231. The molecule has 0 radical (unpaired) electrons. The van der Waals surface area contributed by atoms with Crippen molar-refractivity contribution in [1.82, 2.24) is 10.2 Å². The minimum absolute atomic E-state index is 0.203. The number of carbonyl (C=O) groups excluding carboxylic acids is 1. The van der Waals surface area contributed by atoms with Gasteiger partial charge in [-0.2, -0.15) is 0 Å². The summed E-state index contributed by atoms with van der Waals surface area (Å²) in [5.74, 6) is 2.56. The summed E-state index contributed by atoms with van der Waals surface area (Å²) in [7, 11) is 0. The molecule has 2 aromatic carbocycles. The molecule has 1 aromatic heterocycles. The molecule has 7 nitrogen and oxygen atoms in total.